The number of benzene rings is 1. The summed E-state index contributed by atoms with van der Waals surface area (Å²) < 4.78 is 36.9. The van der Waals surface area contributed by atoms with E-state index >= 15 is 0 Å². The molecule has 0 unspecified atom stereocenters. The van der Waals surface area contributed by atoms with Crippen LogP contribution >= 0.6 is 0 Å². The molecule has 1 heterocycles. The van der Waals surface area contributed by atoms with Crippen molar-refractivity contribution in [3.8, 4) is 5.75 Å². The fourth-order valence-corrected chi connectivity index (χ4v) is 1.61. The van der Waals surface area contributed by atoms with Crippen molar-refractivity contribution in [1.82, 2.24) is 0 Å². The van der Waals surface area contributed by atoms with Crippen molar-refractivity contribution < 1.29 is 17.5 Å². The van der Waals surface area contributed by atoms with E-state index in [9.17, 15) is 12.8 Å². The Kier molecular flexibility index (Phi) is 4.31. The molecule has 1 aromatic carbocycles. The van der Waals surface area contributed by atoms with Crippen LogP contribution in [0.2, 0.25) is 0 Å². The van der Waals surface area contributed by atoms with Gasteiger partial charge in [0.2, 0.25) is 0 Å². The van der Waals surface area contributed by atoms with E-state index in [1.807, 2.05) is 13.8 Å². The van der Waals surface area contributed by atoms with E-state index in [4.69, 9.17) is 4.74 Å². The topological polar surface area (TPSA) is 95.4 Å². The zero-order valence-electron chi connectivity index (χ0n) is 10.3. The fraction of sp³-hybridized carbons (Fsp3) is 0.455. The van der Waals surface area contributed by atoms with E-state index in [2.05, 4.69) is 10.3 Å². The van der Waals surface area contributed by atoms with E-state index in [-0.39, 0.29) is 11.4 Å². The second-order valence-electron chi connectivity index (χ2n) is 4.70. The average molecular weight is 276 g/mol. The third-order valence-corrected chi connectivity index (χ3v) is 2.41. The molecule has 4 N–H and O–H groups in total. The maximum Gasteiger partial charge on any atom is 0.271 e. The van der Waals surface area contributed by atoms with Crippen LogP contribution in [0, 0.1) is 5.82 Å². The van der Waals surface area contributed by atoms with Gasteiger partial charge in [-0.2, -0.15) is 8.42 Å². The lowest BCUT2D eigenvalue weighted by Crippen LogP contribution is -2.32. The number of ether oxygens (including phenoxy) is 1. The first-order valence-corrected chi connectivity index (χ1v) is 6.96. The van der Waals surface area contributed by atoms with Crippen LogP contribution in [-0.2, 0) is 16.6 Å². The minimum Gasteiger partial charge on any atom is -0.487 e. The molecule has 0 fully saturated rings. The van der Waals surface area contributed by atoms with Gasteiger partial charge in [0, 0.05) is 6.07 Å². The van der Waals surface area contributed by atoms with Crippen LogP contribution in [0.15, 0.2) is 18.2 Å². The lowest BCUT2D eigenvalue weighted by atomic mass is 9.94. The van der Waals surface area contributed by atoms with Crippen LogP contribution in [0.3, 0.4) is 0 Å². The summed E-state index contributed by atoms with van der Waals surface area (Å²) in [6.07, 6.45) is 1.97. The van der Waals surface area contributed by atoms with E-state index in [1.165, 1.54) is 12.1 Å². The van der Waals surface area contributed by atoms with Crippen molar-refractivity contribution in [3.63, 3.8) is 0 Å². The Morgan fingerprint density at radius 1 is 1.33 bits per heavy atom. The first-order valence-electron chi connectivity index (χ1n) is 5.35. The second-order valence-corrected chi connectivity index (χ2v) is 5.88. The molecule has 0 aliphatic carbocycles. The van der Waals surface area contributed by atoms with Gasteiger partial charge in [-0.1, -0.05) is 6.07 Å². The molecule has 1 aliphatic rings. The predicted octanol–water partition coefficient (Wildman–Crippen LogP) is 1.08. The van der Waals surface area contributed by atoms with Crippen LogP contribution < -0.4 is 15.0 Å². The van der Waals surface area contributed by atoms with Crippen LogP contribution in [-0.4, -0.2) is 14.0 Å². The average Bonchev–Trinajstić information content (AvgIpc) is 2.12. The van der Waals surface area contributed by atoms with Crippen molar-refractivity contribution in [2.75, 3.05) is 0 Å². The van der Waals surface area contributed by atoms with Gasteiger partial charge in [-0.15, -0.1) is 0 Å². The van der Waals surface area contributed by atoms with Crippen molar-refractivity contribution >= 4 is 10.2 Å². The molecule has 0 saturated heterocycles. The van der Waals surface area contributed by atoms with Gasteiger partial charge in [0.05, 0.1) is 0 Å². The maximum atomic E-state index is 12.9. The molecule has 0 spiro atoms. The van der Waals surface area contributed by atoms with Crippen LogP contribution in [0.5, 0.6) is 5.75 Å². The van der Waals surface area contributed by atoms with Gasteiger partial charge in [-0.25, -0.2) is 14.7 Å². The lowest BCUT2D eigenvalue weighted by Gasteiger charge is -2.32. The third kappa shape index (κ3) is 5.44. The highest BCUT2D eigenvalue weighted by molar-refractivity contribution is 7.86. The predicted molar refractivity (Wildman–Crippen MR) is 66.7 cm³/mol. The molecular weight excluding hydrogens is 259 g/mol. The molecule has 0 saturated carbocycles. The molecule has 1 aromatic rings. The molecule has 0 radical (unpaired) electrons. The Labute approximate surface area is 106 Å². The molecule has 0 atom stereocenters. The minimum absolute atomic E-state index is 0.152. The van der Waals surface area contributed by atoms with Crippen molar-refractivity contribution in [3.05, 3.63) is 29.6 Å². The van der Waals surface area contributed by atoms with Crippen LogP contribution in [0.4, 0.5) is 4.39 Å². The molecule has 18 heavy (non-hydrogen) atoms. The number of fused-ring (bicyclic) bond motifs is 1. The smallest absolute Gasteiger partial charge is 0.271 e. The Hall–Kier alpha value is -1.18. The molecule has 0 amide bonds. The standard InChI is InChI=1S/C11H13FO.H4N2O2S/c1-11(2)6-5-8-3-4-9(12)7-10(8)13-11;1-5(2,3)4/h3-4,7H,5-6H2,1-2H3;(H4,1,2,3,4). The summed E-state index contributed by atoms with van der Waals surface area (Å²) in [6.45, 7) is 4.06. The van der Waals surface area contributed by atoms with Gasteiger partial charge in [0.1, 0.15) is 17.2 Å². The summed E-state index contributed by atoms with van der Waals surface area (Å²) in [5.41, 5.74) is 0.960. The van der Waals surface area contributed by atoms with Gasteiger partial charge in [-0.3, -0.25) is 0 Å². The van der Waals surface area contributed by atoms with E-state index in [0.29, 0.717) is 5.75 Å². The highest BCUT2D eigenvalue weighted by Crippen LogP contribution is 2.33. The Bertz CT molecular complexity index is 521. The fourth-order valence-electron chi connectivity index (χ4n) is 1.61. The Morgan fingerprint density at radius 2 is 1.89 bits per heavy atom. The largest absolute Gasteiger partial charge is 0.487 e. The highest BCUT2D eigenvalue weighted by atomic mass is 32.2. The van der Waals surface area contributed by atoms with Crippen molar-refractivity contribution in [1.29, 1.82) is 0 Å². The van der Waals surface area contributed by atoms with Gasteiger partial charge in [-0.05, 0) is 38.3 Å². The molecule has 0 aromatic heterocycles. The molecule has 102 valence electrons. The number of halogens is 1. The van der Waals surface area contributed by atoms with Crippen molar-refractivity contribution in [2.45, 2.75) is 32.3 Å². The van der Waals surface area contributed by atoms with Crippen molar-refractivity contribution in [2.24, 2.45) is 10.3 Å². The number of aryl methyl sites for hydroxylation is 1. The summed E-state index contributed by atoms with van der Waals surface area (Å²) in [5, 5.41) is 8.21. The van der Waals surface area contributed by atoms with Gasteiger partial charge < -0.3 is 4.74 Å². The summed E-state index contributed by atoms with van der Waals surface area (Å²) in [7, 11) is -3.67. The van der Waals surface area contributed by atoms with Gasteiger partial charge >= 0.3 is 0 Å². The number of nitrogens with two attached hydrogens (primary N) is 2. The zero-order chi connectivity index (χ0) is 14.0. The summed E-state index contributed by atoms with van der Waals surface area (Å²) in [5.74, 6) is 0.479. The quantitative estimate of drug-likeness (QED) is 0.742. The maximum absolute atomic E-state index is 12.9. The zero-order valence-corrected chi connectivity index (χ0v) is 11.1. The van der Waals surface area contributed by atoms with Crippen LogP contribution in [0.25, 0.3) is 0 Å². The first kappa shape index (κ1) is 14.9. The lowest BCUT2D eigenvalue weighted by molar-refractivity contribution is 0.0842. The van der Waals surface area contributed by atoms with Crippen LogP contribution in [0.1, 0.15) is 25.8 Å². The number of hydrogen-bond donors (Lipinski definition) is 2. The van der Waals surface area contributed by atoms with E-state index in [1.54, 1.807) is 6.07 Å². The molecular formula is C11H17FN2O3S. The number of rotatable bonds is 0. The summed E-state index contributed by atoms with van der Waals surface area (Å²) in [4.78, 5) is 0. The van der Waals surface area contributed by atoms with E-state index < -0.39 is 10.2 Å². The number of hydrogen-bond acceptors (Lipinski definition) is 3. The molecule has 0 bridgehead atoms. The normalized spacial score (nSPS) is 16.9. The third-order valence-electron chi connectivity index (χ3n) is 2.41. The Balaban J connectivity index is 0.000000280. The SMILES string of the molecule is CC1(C)CCc2ccc(F)cc2O1.NS(N)(=O)=O. The molecule has 2 rings (SSSR count). The minimum atomic E-state index is -3.67. The van der Waals surface area contributed by atoms with E-state index in [0.717, 1.165) is 18.4 Å². The van der Waals surface area contributed by atoms with Gasteiger partial charge in [0.25, 0.3) is 10.2 Å². The first-order chi connectivity index (χ1) is 8.07. The summed E-state index contributed by atoms with van der Waals surface area (Å²) >= 11 is 0. The summed E-state index contributed by atoms with van der Waals surface area (Å²) in [6, 6.07) is 4.76. The molecule has 7 heteroatoms. The molecule has 1 aliphatic heterocycles. The second kappa shape index (κ2) is 5.21. The van der Waals surface area contributed by atoms with Gasteiger partial charge in [0.15, 0.2) is 0 Å². The Morgan fingerprint density at radius 3 is 2.44 bits per heavy atom. The highest BCUT2D eigenvalue weighted by Gasteiger charge is 2.26. The monoisotopic (exact) mass is 276 g/mol. The molecule has 5 nitrogen and oxygen atoms in total.